The minimum absolute atomic E-state index is 0.0230. The van der Waals surface area contributed by atoms with Crippen molar-refractivity contribution in [2.75, 3.05) is 29.5 Å². The van der Waals surface area contributed by atoms with E-state index >= 15 is 0 Å². The molecule has 2 aliphatic heterocycles. The second-order valence-electron chi connectivity index (χ2n) is 7.02. The number of carbonyl (C=O) groups excluding carboxylic acids is 2. The molecular weight excluding hydrogens is 368 g/mol. The van der Waals surface area contributed by atoms with Gasteiger partial charge in [0.2, 0.25) is 5.91 Å². The molecule has 3 amide bonds. The summed E-state index contributed by atoms with van der Waals surface area (Å²) in [5, 5.41) is 12.2. The smallest absolute Gasteiger partial charge is 0.329 e. The van der Waals surface area contributed by atoms with Gasteiger partial charge in [0.15, 0.2) is 0 Å². The maximum atomic E-state index is 11.9. The van der Waals surface area contributed by atoms with Gasteiger partial charge in [0, 0.05) is 24.0 Å². The Hall–Kier alpha value is -3.53. The van der Waals surface area contributed by atoms with E-state index in [9.17, 15) is 14.9 Å². The second kappa shape index (κ2) is 7.47. The van der Waals surface area contributed by atoms with Crippen LogP contribution in [0.25, 0.3) is 0 Å². The third kappa shape index (κ3) is 3.17. The molecule has 2 aromatic carbocycles. The lowest BCUT2D eigenvalue weighted by atomic mass is 9.91. The molecule has 0 aromatic heterocycles. The van der Waals surface area contributed by atoms with Crippen molar-refractivity contribution in [3.8, 4) is 11.8 Å². The molecule has 2 heterocycles. The van der Waals surface area contributed by atoms with Crippen molar-refractivity contribution < 1.29 is 14.3 Å². The minimum atomic E-state index is -0.412. The Labute approximate surface area is 169 Å². The third-order valence-electron chi connectivity index (χ3n) is 5.43. The number of imide groups is 1. The van der Waals surface area contributed by atoms with Crippen molar-refractivity contribution in [2.24, 2.45) is 0 Å². The van der Waals surface area contributed by atoms with Crippen LogP contribution in [0.4, 0.5) is 16.2 Å². The Balaban J connectivity index is 1.67. The van der Waals surface area contributed by atoms with E-state index in [-0.39, 0.29) is 24.4 Å². The molecule has 7 nitrogen and oxygen atoms in total. The number of ether oxygens (including phenoxy) is 1. The average Bonchev–Trinajstić information content (AvgIpc) is 3.23. The first-order valence-electron chi connectivity index (χ1n) is 9.71. The Bertz CT molecular complexity index is 996. The lowest BCUT2D eigenvalue weighted by Gasteiger charge is -2.28. The van der Waals surface area contributed by atoms with Gasteiger partial charge in [0.25, 0.3) is 0 Å². The number of urea groups is 1. The number of hydrogen-bond acceptors (Lipinski definition) is 5. The fourth-order valence-electron chi connectivity index (χ4n) is 4.17. The van der Waals surface area contributed by atoms with Gasteiger partial charge >= 0.3 is 6.03 Å². The van der Waals surface area contributed by atoms with Crippen LogP contribution in [0.2, 0.25) is 0 Å². The van der Waals surface area contributed by atoms with E-state index in [4.69, 9.17) is 4.74 Å². The van der Waals surface area contributed by atoms with E-state index < -0.39 is 6.03 Å². The number of amides is 3. The number of fused-ring (bicyclic) bond motifs is 1. The summed E-state index contributed by atoms with van der Waals surface area (Å²) >= 11 is 0. The Morgan fingerprint density at radius 1 is 1.17 bits per heavy atom. The van der Waals surface area contributed by atoms with Gasteiger partial charge in [-0.15, -0.1) is 0 Å². The molecule has 2 atom stereocenters. The van der Waals surface area contributed by atoms with Crippen molar-refractivity contribution in [3.63, 3.8) is 0 Å². The van der Waals surface area contributed by atoms with Crippen LogP contribution in [-0.2, 0) is 4.79 Å². The summed E-state index contributed by atoms with van der Waals surface area (Å²) in [6.07, 6.45) is 0. The zero-order valence-electron chi connectivity index (χ0n) is 16.4. The third-order valence-corrected chi connectivity index (χ3v) is 5.43. The van der Waals surface area contributed by atoms with Crippen LogP contribution in [-0.4, -0.2) is 31.6 Å². The first-order chi connectivity index (χ1) is 14.1. The van der Waals surface area contributed by atoms with Crippen molar-refractivity contribution >= 4 is 23.3 Å². The van der Waals surface area contributed by atoms with Crippen molar-refractivity contribution in [1.82, 2.24) is 5.32 Å². The van der Waals surface area contributed by atoms with Gasteiger partial charge in [-0.3, -0.25) is 15.0 Å². The summed E-state index contributed by atoms with van der Waals surface area (Å²) < 4.78 is 5.64. The highest BCUT2D eigenvalue weighted by Gasteiger charge is 2.39. The van der Waals surface area contributed by atoms with Crippen molar-refractivity contribution in [3.05, 3.63) is 53.6 Å². The lowest BCUT2D eigenvalue weighted by molar-refractivity contribution is -0.117. The molecule has 0 bridgehead atoms. The normalized spacial score (nSPS) is 20.4. The van der Waals surface area contributed by atoms with Crippen LogP contribution < -0.4 is 19.9 Å². The Morgan fingerprint density at radius 3 is 2.52 bits per heavy atom. The molecule has 1 saturated heterocycles. The molecule has 7 heteroatoms. The van der Waals surface area contributed by atoms with Gasteiger partial charge in [-0.25, -0.2) is 4.79 Å². The summed E-state index contributed by atoms with van der Waals surface area (Å²) in [6.45, 7) is 5.37. The molecule has 0 aliphatic carbocycles. The zero-order valence-corrected chi connectivity index (χ0v) is 16.4. The molecule has 0 spiro atoms. The number of nitrogens with one attached hydrogen (secondary N) is 1. The second-order valence-corrected chi connectivity index (χ2v) is 7.02. The van der Waals surface area contributed by atoms with Gasteiger partial charge in [0.05, 0.1) is 24.6 Å². The number of nitriles is 1. The molecular formula is C22H22N4O3. The van der Waals surface area contributed by atoms with Crippen LogP contribution in [0.3, 0.4) is 0 Å². The summed E-state index contributed by atoms with van der Waals surface area (Å²) in [6, 6.07) is 15.3. The lowest BCUT2D eigenvalue weighted by Crippen LogP contribution is -2.28. The number of benzene rings is 2. The number of nitrogens with zero attached hydrogens (tertiary/aromatic N) is 3. The van der Waals surface area contributed by atoms with E-state index in [1.807, 2.05) is 49.4 Å². The molecule has 148 valence electrons. The summed E-state index contributed by atoms with van der Waals surface area (Å²) in [4.78, 5) is 27.0. The van der Waals surface area contributed by atoms with Crippen LogP contribution in [0.1, 0.15) is 36.9 Å². The van der Waals surface area contributed by atoms with E-state index in [1.165, 1.54) is 4.90 Å². The predicted octanol–water partition coefficient (Wildman–Crippen LogP) is 3.33. The fourth-order valence-corrected chi connectivity index (χ4v) is 4.17. The summed E-state index contributed by atoms with van der Waals surface area (Å²) in [5.41, 5.74) is 3.66. The maximum Gasteiger partial charge on any atom is 0.329 e. The molecule has 29 heavy (non-hydrogen) atoms. The quantitative estimate of drug-likeness (QED) is 0.792. The Morgan fingerprint density at radius 2 is 1.93 bits per heavy atom. The maximum absolute atomic E-state index is 11.9. The van der Waals surface area contributed by atoms with E-state index in [0.717, 1.165) is 29.1 Å². The number of anilines is 2. The highest BCUT2D eigenvalue weighted by molar-refractivity contribution is 6.12. The first kappa shape index (κ1) is 18.8. The molecule has 1 fully saturated rings. The SMILES string of the molecule is CCOc1ccc2c(c1)N(CC)C(c1ccc(N3CC(=O)NC3=O)cc1)C2C#N. The molecule has 0 saturated carbocycles. The number of hydrogen-bond donors (Lipinski definition) is 1. The standard InChI is InChI=1S/C22H22N4O3/c1-3-25-19-11-16(29-4-2)9-10-17(19)18(12-23)21(25)14-5-7-15(8-6-14)26-13-20(27)24-22(26)28/h5-11,18,21H,3-4,13H2,1-2H3,(H,24,27,28). The monoisotopic (exact) mass is 390 g/mol. The minimum Gasteiger partial charge on any atom is -0.494 e. The predicted molar refractivity (Wildman–Crippen MR) is 109 cm³/mol. The van der Waals surface area contributed by atoms with E-state index in [0.29, 0.717) is 12.3 Å². The van der Waals surface area contributed by atoms with Gasteiger partial charge in [-0.2, -0.15) is 5.26 Å². The highest BCUT2D eigenvalue weighted by Crippen LogP contribution is 2.49. The number of likely N-dealkylation sites (N-methyl/N-ethyl adjacent to an activating group) is 1. The van der Waals surface area contributed by atoms with Crippen LogP contribution >= 0.6 is 0 Å². The van der Waals surface area contributed by atoms with Crippen molar-refractivity contribution in [2.45, 2.75) is 25.8 Å². The van der Waals surface area contributed by atoms with E-state index in [1.54, 1.807) is 0 Å². The molecule has 0 radical (unpaired) electrons. The van der Waals surface area contributed by atoms with Gasteiger partial charge in [0.1, 0.15) is 12.3 Å². The summed E-state index contributed by atoms with van der Waals surface area (Å²) in [5.74, 6) is 0.183. The van der Waals surface area contributed by atoms with Crippen LogP contribution in [0, 0.1) is 11.3 Å². The molecule has 2 aromatic rings. The van der Waals surface area contributed by atoms with Crippen LogP contribution in [0.5, 0.6) is 5.75 Å². The molecule has 4 rings (SSSR count). The van der Waals surface area contributed by atoms with Gasteiger partial charge in [-0.05, 0) is 43.2 Å². The molecule has 2 unspecified atom stereocenters. The van der Waals surface area contributed by atoms with Gasteiger partial charge in [-0.1, -0.05) is 18.2 Å². The Kier molecular flexibility index (Phi) is 4.85. The number of rotatable bonds is 5. The highest BCUT2D eigenvalue weighted by atomic mass is 16.5. The van der Waals surface area contributed by atoms with Crippen LogP contribution in [0.15, 0.2) is 42.5 Å². The van der Waals surface area contributed by atoms with Crippen molar-refractivity contribution in [1.29, 1.82) is 5.26 Å². The number of carbonyl (C=O) groups is 2. The summed E-state index contributed by atoms with van der Waals surface area (Å²) in [7, 11) is 0. The largest absolute Gasteiger partial charge is 0.494 e. The molecule has 2 aliphatic rings. The first-order valence-corrected chi connectivity index (χ1v) is 9.71. The average molecular weight is 390 g/mol. The zero-order chi connectivity index (χ0) is 20.5. The van der Waals surface area contributed by atoms with E-state index in [2.05, 4.69) is 23.2 Å². The fraction of sp³-hybridized carbons (Fsp3) is 0.318. The molecule has 1 N–H and O–H groups in total. The van der Waals surface area contributed by atoms with Gasteiger partial charge < -0.3 is 9.64 Å². The topological polar surface area (TPSA) is 85.7 Å².